The van der Waals surface area contributed by atoms with E-state index >= 15 is 0 Å². The van der Waals surface area contributed by atoms with Crippen molar-refractivity contribution in [3.63, 3.8) is 0 Å². The predicted octanol–water partition coefficient (Wildman–Crippen LogP) is 9.15. The third-order valence-electron chi connectivity index (χ3n) is 6.39. The van der Waals surface area contributed by atoms with Gasteiger partial charge in [0.05, 0.1) is 23.4 Å². The zero-order valence-electron chi connectivity index (χ0n) is 22.5. The largest absolute Gasteiger partial charge is 0.493 e. The second kappa shape index (κ2) is 12.4. The summed E-state index contributed by atoms with van der Waals surface area (Å²) < 4.78 is 24.7. The Hall–Kier alpha value is -3.78. The third-order valence-corrected chi connectivity index (χ3v) is 8.18. The average molecular weight is 608 g/mol. The molecule has 5 nitrogen and oxygen atoms in total. The number of carbonyl (C=O) groups excluding carboxylic acids is 1. The number of methoxy groups -OCH3 is 1. The molecule has 1 fully saturated rings. The van der Waals surface area contributed by atoms with Crippen LogP contribution in [0.2, 0.25) is 10.0 Å². The Morgan fingerprint density at radius 1 is 0.902 bits per heavy atom. The van der Waals surface area contributed by atoms with Gasteiger partial charge < -0.3 is 9.47 Å². The number of halogens is 3. The second-order valence-electron chi connectivity index (χ2n) is 9.34. The van der Waals surface area contributed by atoms with E-state index in [0.717, 1.165) is 22.3 Å². The normalized spacial score (nSPS) is 15.2. The molecule has 1 heterocycles. The number of aryl methyl sites for hydroxylation is 2. The summed E-state index contributed by atoms with van der Waals surface area (Å²) in [4.78, 5) is 20.5. The van der Waals surface area contributed by atoms with Crippen molar-refractivity contribution in [2.45, 2.75) is 20.5 Å². The van der Waals surface area contributed by atoms with E-state index in [1.165, 1.54) is 23.9 Å². The minimum Gasteiger partial charge on any atom is -0.493 e. The Bertz CT molecular complexity index is 1690. The number of thioether (sulfide) groups is 1. The fourth-order valence-electron chi connectivity index (χ4n) is 4.05. The lowest BCUT2D eigenvalue weighted by Crippen LogP contribution is -2.28. The van der Waals surface area contributed by atoms with Crippen molar-refractivity contribution in [2.24, 2.45) is 4.99 Å². The highest BCUT2D eigenvalue weighted by Gasteiger charge is 2.35. The van der Waals surface area contributed by atoms with Crippen molar-refractivity contribution >= 4 is 63.5 Å². The van der Waals surface area contributed by atoms with Crippen molar-refractivity contribution in [3.05, 3.63) is 122 Å². The topological polar surface area (TPSA) is 51.1 Å². The van der Waals surface area contributed by atoms with E-state index in [2.05, 4.69) is 0 Å². The van der Waals surface area contributed by atoms with Crippen molar-refractivity contribution in [2.75, 3.05) is 12.0 Å². The first-order chi connectivity index (χ1) is 19.7. The lowest BCUT2D eigenvalue weighted by molar-refractivity contribution is -0.113. The molecule has 208 valence electrons. The Morgan fingerprint density at radius 3 is 2.29 bits per heavy atom. The van der Waals surface area contributed by atoms with Gasteiger partial charge in [-0.25, -0.2) is 9.38 Å². The molecule has 9 heteroatoms. The van der Waals surface area contributed by atoms with E-state index in [-0.39, 0.29) is 18.3 Å². The summed E-state index contributed by atoms with van der Waals surface area (Å²) in [5.74, 6) is 0.492. The zero-order chi connectivity index (χ0) is 29.1. The van der Waals surface area contributed by atoms with Crippen LogP contribution < -0.4 is 14.4 Å². The van der Waals surface area contributed by atoms with Gasteiger partial charge in [-0.05, 0) is 102 Å². The molecular formula is C32H25Cl2FN2O3S. The van der Waals surface area contributed by atoms with Crippen molar-refractivity contribution in [3.8, 4) is 11.5 Å². The zero-order valence-corrected chi connectivity index (χ0v) is 24.8. The monoisotopic (exact) mass is 606 g/mol. The quantitative estimate of drug-likeness (QED) is 0.197. The molecule has 5 rings (SSSR count). The number of amides is 1. The van der Waals surface area contributed by atoms with Crippen LogP contribution in [-0.4, -0.2) is 18.2 Å². The molecule has 0 atom stereocenters. The Kier molecular flexibility index (Phi) is 8.68. The van der Waals surface area contributed by atoms with E-state index in [1.807, 2.05) is 44.2 Å². The number of anilines is 1. The molecule has 0 aromatic heterocycles. The summed E-state index contributed by atoms with van der Waals surface area (Å²) in [6.45, 7) is 4.08. The first-order valence-corrected chi connectivity index (χ1v) is 14.2. The third kappa shape index (κ3) is 6.59. The molecule has 0 bridgehead atoms. The maximum atomic E-state index is 13.7. The van der Waals surface area contributed by atoms with Gasteiger partial charge in [-0.3, -0.25) is 9.69 Å². The first kappa shape index (κ1) is 28.7. The van der Waals surface area contributed by atoms with Crippen LogP contribution in [0.15, 0.2) is 88.8 Å². The Labute approximate surface area is 252 Å². The molecule has 0 aliphatic carbocycles. The molecule has 41 heavy (non-hydrogen) atoms. The number of hydrogen-bond donors (Lipinski definition) is 0. The predicted molar refractivity (Wildman–Crippen MR) is 166 cm³/mol. The number of amidine groups is 1. The lowest BCUT2D eigenvalue weighted by atomic mass is 10.1. The van der Waals surface area contributed by atoms with Crippen LogP contribution in [0.1, 0.15) is 22.3 Å². The minimum absolute atomic E-state index is 0.234. The molecule has 1 aliphatic heterocycles. The van der Waals surface area contributed by atoms with Crippen LogP contribution >= 0.6 is 35.0 Å². The number of hydrogen-bond acceptors (Lipinski definition) is 5. The Balaban J connectivity index is 1.46. The van der Waals surface area contributed by atoms with Crippen LogP contribution in [0.5, 0.6) is 11.5 Å². The second-order valence-corrected chi connectivity index (χ2v) is 11.2. The van der Waals surface area contributed by atoms with Crippen molar-refractivity contribution in [1.82, 2.24) is 0 Å². The highest BCUT2D eigenvalue weighted by molar-refractivity contribution is 8.19. The van der Waals surface area contributed by atoms with E-state index in [4.69, 9.17) is 37.7 Å². The number of nitrogens with zero attached hydrogens (tertiary/aromatic N) is 2. The van der Waals surface area contributed by atoms with Gasteiger partial charge in [0.2, 0.25) is 0 Å². The van der Waals surface area contributed by atoms with E-state index in [1.54, 1.807) is 54.5 Å². The van der Waals surface area contributed by atoms with Gasteiger partial charge in [0.15, 0.2) is 16.7 Å². The van der Waals surface area contributed by atoms with Crippen LogP contribution in [-0.2, 0) is 11.4 Å². The van der Waals surface area contributed by atoms with Crippen LogP contribution in [0, 0.1) is 19.7 Å². The number of carbonyl (C=O) groups is 1. The molecule has 4 aromatic carbocycles. The van der Waals surface area contributed by atoms with Gasteiger partial charge in [-0.15, -0.1) is 0 Å². The fourth-order valence-corrected chi connectivity index (χ4v) is 5.40. The smallest absolute Gasteiger partial charge is 0.271 e. The molecule has 0 saturated carbocycles. The van der Waals surface area contributed by atoms with E-state index < -0.39 is 0 Å². The van der Waals surface area contributed by atoms with Gasteiger partial charge >= 0.3 is 0 Å². The number of benzene rings is 4. The molecule has 1 saturated heterocycles. The maximum Gasteiger partial charge on any atom is 0.271 e. The highest BCUT2D eigenvalue weighted by Crippen LogP contribution is 2.39. The average Bonchev–Trinajstić information content (AvgIpc) is 3.26. The molecule has 0 unspecified atom stereocenters. The van der Waals surface area contributed by atoms with Crippen LogP contribution in [0.3, 0.4) is 0 Å². The summed E-state index contributed by atoms with van der Waals surface area (Å²) in [5.41, 5.74) is 4.65. The van der Waals surface area contributed by atoms with Crippen LogP contribution in [0.4, 0.5) is 15.8 Å². The summed E-state index contributed by atoms with van der Waals surface area (Å²) in [6.07, 6.45) is 1.78. The lowest BCUT2D eigenvalue weighted by Gasteiger charge is -2.16. The molecule has 1 amide bonds. The molecule has 4 aromatic rings. The molecule has 1 aliphatic rings. The summed E-state index contributed by atoms with van der Waals surface area (Å²) >= 11 is 14.0. The number of aliphatic imine (C=N–C) groups is 1. The first-order valence-electron chi connectivity index (χ1n) is 12.6. The SMILES string of the molecule is COc1cc(/C=C2/SC(=Nc3ccc(C)c(Cl)c3)N(c3ccc(C)c(Cl)c3)C2=O)ccc1OCc1ccc(F)cc1. The van der Waals surface area contributed by atoms with Gasteiger partial charge in [0.1, 0.15) is 12.4 Å². The van der Waals surface area contributed by atoms with E-state index in [0.29, 0.717) is 43.0 Å². The summed E-state index contributed by atoms with van der Waals surface area (Å²) in [6, 6.07) is 22.5. The molecular weight excluding hydrogens is 582 g/mol. The number of rotatable bonds is 7. The van der Waals surface area contributed by atoms with Gasteiger partial charge in [0, 0.05) is 10.0 Å². The molecule has 0 N–H and O–H groups in total. The van der Waals surface area contributed by atoms with Crippen molar-refractivity contribution < 1.29 is 18.7 Å². The minimum atomic E-state index is -0.303. The van der Waals surface area contributed by atoms with Gasteiger partial charge in [0.25, 0.3) is 5.91 Å². The van der Waals surface area contributed by atoms with Gasteiger partial charge in [-0.1, -0.05) is 53.5 Å². The summed E-state index contributed by atoms with van der Waals surface area (Å²) in [7, 11) is 1.55. The maximum absolute atomic E-state index is 13.7. The van der Waals surface area contributed by atoms with Crippen molar-refractivity contribution in [1.29, 1.82) is 0 Å². The Morgan fingerprint density at radius 2 is 1.61 bits per heavy atom. The summed E-state index contributed by atoms with van der Waals surface area (Å²) in [5, 5.41) is 1.62. The van der Waals surface area contributed by atoms with E-state index in [9.17, 15) is 9.18 Å². The standard InChI is InChI=1S/C32H25Cl2FN2O3S/c1-19-4-11-24(16-26(19)33)36-32-37(25-12-5-20(2)27(34)17-25)31(38)30(41-32)15-22-8-13-28(29(14-22)39-3)40-18-21-6-9-23(35)10-7-21/h4-17H,18H2,1-3H3/b30-15+,36-32?. The molecule has 0 radical (unpaired) electrons. The van der Waals surface area contributed by atoms with Crippen LogP contribution in [0.25, 0.3) is 6.08 Å². The van der Waals surface area contributed by atoms with Gasteiger partial charge in [-0.2, -0.15) is 0 Å². The molecule has 0 spiro atoms. The highest BCUT2D eigenvalue weighted by atomic mass is 35.5. The number of ether oxygens (including phenoxy) is 2. The fraction of sp³-hybridized carbons (Fsp3) is 0.125.